The van der Waals surface area contributed by atoms with Crippen molar-refractivity contribution in [3.63, 3.8) is 0 Å². The SMILES string of the molecule is Bc1cc(C[C@@H](OC(=O)N2CCC(N3CCc4ccccc4NC3=O)CC2)C(=O)N2CCC(C3CCN(S(C)(=O)=O)CC3)CC2)cc(Br)c1O. The van der Waals surface area contributed by atoms with Crippen LogP contribution in [0.1, 0.15) is 49.7 Å². The molecule has 15 heteroatoms. The third-order valence-corrected chi connectivity index (χ3v) is 13.0. The molecule has 270 valence electrons. The zero-order valence-corrected chi connectivity index (χ0v) is 31.3. The zero-order valence-electron chi connectivity index (χ0n) is 28.9. The number of anilines is 1. The van der Waals surface area contributed by atoms with Crippen molar-refractivity contribution in [1.29, 1.82) is 0 Å². The summed E-state index contributed by atoms with van der Waals surface area (Å²) in [7, 11) is -1.40. The van der Waals surface area contributed by atoms with Gasteiger partial charge in [0.1, 0.15) is 13.6 Å². The van der Waals surface area contributed by atoms with Gasteiger partial charge in [-0.2, -0.15) is 0 Å². The Kier molecular flexibility index (Phi) is 11.3. The molecule has 0 spiro atoms. The number of halogens is 1. The first-order valence-corrected chi connectivity index (χ1v) is 20.3. The van der Waals surface area contributed by atoms with Crippen molar-refractivity contribution in [3.05, 3.63) is 52.0 Å². The number of piperidine rings is 3. The number of hydrogen-bond donors (Lipinski definition) is 2. The van der Waals surface area contributed by atoms with E-state index in [2.05, 4.69) is 21.2 Å². The highest BCUT2D eigenvalue weighted by atomic mass is 79.9. The van der Waals surface area contributed by atoms with Crippen molar-refractivity contribution >= 4 is 63.0 Å². The molecule has 0 aliphatic carbocycles. The second kappa shape index (κ2) is 15.5. The average Bonchev–Trinajstić information content (AvgIpc) is 3.27. The number of nitrogens with zero attached hydrogens (tertiary/aromatic N) is 4. The summed E-state index contributed by atoms with van der Waals surface area (Å²) < 4.78 is 32.0. The van der Waals surface area contributed by atoms with Crippen molar-refractivity contribution in [1.82, 2.24) is 19.0 Å². The highest BCUT2D eigenvalue weighted by Gasteiger charge is 2.37. The molecule has 12 nitrogen and oxygen atoms in total. The lowest BCUT2D eigenvalue weighted by Gasteiger charge is -2.40. The van der Waals surface area contributed by atoms with E-state index >= 15 is 0 Å². The second-order valence-electron chi connectivity index (χ2n) is 14.2. The summed E-state index contributed by atoms with van der Waals surface area (Å²) in [5, 5.41) is 13.3. The number of aromatic hydroxyl groups is 1. The molecule has 4 aliphatic rings. The van der Waals surface area contributed by atoms with Gasteiger partial charge in [-0.1, -0.05) is 24.3 Å². The minimum atomic E-state index is -3.18. The van der Waals surface area contributed by atoms with E-state index in [9.17, 15) is 27.9 Å². The van der Waals surface area contributed by atoms with Gasteiger partial charge in [-0.25, -0.2) is 22.3 Å². The fourth-order valence-electron chi connectivity index (χ4n) is 8.09. The summed E-state index contributed by atoms with van der Waals surface area (Å²) in [5.41, 5.74) is 3.36. The maximum atomic E-state index is 14.1. The number of sulfonamides is 1. The van der Waals surface area contributed by atoms with E-state index in [4.69, 9.17) is 4.74 Å². The Morgan fingerprint density at radius 2 is 1.58 bits per heavy atom. The molecule has 2 aromatic carbocycles. The highest BCUT2D eigenvalue weighted by Crippen LogP contribution is 2.34. The van der Waals surface area contributed by atoms with Crippen LogP contribution in [-0.4, -0.2) is 123 Å². The fraction of sp³-hybridized carbons (Fsp3) is 0.571. The highest BCUT2D eigenvalue weighted by molar-refractivity contribution is 9.10. The number of phenolic OH excluding ortho intramolecular Hbond substituents is 1. The molecule has 0 saturated carbocycles. The lowest BCUT2D eigenvalue weighted by Crippen LogP contribution is -2.52. The van der Waals surface area contributed by atoms with Gasteiger partial charge >= 0.3 is 12.1 Å². The number of benzene rings is 2. The standard InChI is InChI=1S/C35H47BBrN5O7S/c1-50(47,48)41-17-8-25(9-18-41)24-6-13-39(14-7-24)33(44)31(22-23-20-28(36)32(43)29(37)21-23)49-35(46)40-15-11-27(12-16-40)42-19-10-26-4-2-3-5-30(26)38-34(42)45/h2-5,20-21,24-25,27,31,43H,6-19,22,36H2,1H3,(H,38,45)/t31-/m1/s1. The lowest BCUT2D eigenvalue weighted by molar-refractivity contribution is -0.142. The quantitative estimate of drug-likeness (QED) is 0.413. The van der Waals surface area contributed by atoms with Gasteiger partial charge in [0, 0.05) is 64.0 Å². The van der Waals surface area contributed by atoms with Crippen LogP contribution in [0.3, 0.4) is 0 Å². The number of nitrogens with one attached hydrogen (secondary N) is 1. The molecule has 0 bridgehead atoms. The van der Waals surface area contributed by atoms with Crippen LogP contribution >= 0.6 is 15.9 Å². The van der Waals surface area contributed by atoms with Gasteiger partial charge in [0.05, 0.1) is 10.7 Å². The largest absolute Gasteiger partial charge is 0.507 e. The summed E-state index contributed by atoms with van der Waals surface area (Å²) in [5.74, 6) is 0.734. The van der Waals surface area contributed by atoms with Crippen LogP contribution in [0.4, 0.5) is 15.3 Å². The van der Waals surface area contributed by atoms with E-state index in [1.54, 1.807) is 34.1 Å². The number of fused-ring (bicyclic) bond motifs is 1. The molecule has 3 saturated heterocycles. The third kappa shape index (κ3) is 8.42. The van der Waals surface area contributed by atoms with E-state index in [1.807, 2.05) is 29.2 Å². The van der Waals surface area contributed by atoms with Crippen LogP contribution in [0, 0.1) is 11.8 Å². The number of urea groups is 1. The van der Waals surface area contributed by atoms with E-state index in [0.717, 1.165) is 48.9 Å². The number of phenols is 1. The van der Waals surface area contributed by atoms with E-state index in [-0.39, 0.29) is 30.2 Å². The first-order valence-electron chi connectivity index (χ1n) is 17.7. The van der Waals surface area contributed by atoms with Gasteiger partial charge < -0.3 is 29.9 Å². The van der Waals surface area contributed by atoms with Crippen molar-refractivity contribution in [3.8, 4) is 5.75 Å². The predicted octanol–water partition coefficient (Wildman–Crippen LogP) is 2.93. The molecular formula is C35H47BBrN5O7S. The number of carbonyl (C=O) groups excluding carboxylic acids is 3. The molecule has 2 N–H and O–H groups in total. The Balaban J connectivity index is 1.07. The van der Waals surface area contributed by atoms with E-state index in [0.29, 0.717) is 80.4 Å². The van der Waals surface area contributed by atoms with Crippen LogP contribution < -0.4 is 10.8 Å². The Bertz CT molecular complexity index is 1670. The first-order chi connectivity index (χ1) is 23.9. The summed E-state index contributed by atoms with van der Waals surface area (Å²) in [4.78, 5) is 46.1. The number of carbonyl (C=O) groups is 3. The molecule has 0 unspecified atom stereocenters. The van der Waals surface area contributed by atoms with E-state index in [1.165, 1.54) is 6.26 Å². The van der Waals surface area contributed by atoms with Crippen LogP contribution in [0.5, 0.6) is 5.75 Å². The first kappa shape index (κ1) is 36.5. The van der Waals surface area contributed by atoms with Crippen molar-refractivity contribution in [2.24, 2.45) is 11.8 Å². The van der Waals surface area contributed by atoms with Crippen LogP contribution in [-0.2, 0) is 32.4 Å². The minimum absolute atomic E-state index is 0.0111. The number of hydrogen-bond acceptors (Lipinski definition) is 7. The Labute approximate surface area is 304 Å². The molecule has 4 aliphatic heterocycles. The molecule has 6 rings (SSSR count). The maximum absolute atomic E-state index is 14.1. The molecule has 3 fully saturated rings. The van der Waals surface area contributed by atoms with Crippen molar-refractivity contribution in [2.45, 2.75) is 63.5 Å². The Morgan fingerprint density at radius 1 is 0.960 bits per heavy atom. The molecule has 0 radical (unpaired) electrons. The van der Waals surface area contributed by atoms with Crippen LogP contribution in [0.25, 0.3) is 0 Å². The number of likely N-dealkylation sites (tertiary alicyclic amines) is 2. The van der Waals surface area contributed by atoms with Gasteiger partial charge in [-0.05, 0) is 101 Å². The van der Waals surface area contributed by atoms with Crippen molar-refractivity contribution in [2.75, 3.05) is 57.4 Å². The van der Waals surface area contributed by atoms with Gasteiger partial charge in [0.2, 0.25) is 10.0 Å². The predicted molar refractivity (Wildman–Crippen MR) is 197 cm³/mol. The average molecular weight is 773 g/mol. The molecule has 4 amide bonds. The number of amides is 4. The molecule has 50 heavy (non-hydrogen) atoms. The zero-order chi connectivity index (χ0) is 35.6. The van der Waals surface area contributed by atoms with Crippen LogP contribution in [0.2, 0.25) is 0 Å². The minimum Gasteiger partial charge on any atom is -0.507 e. The molecule has 4 heterocycles. The van der Waals surface area contributed by atoms with Gasteiger partial charge in [-0.3, -0.25) is 4.79 Å². The molecule has 2 aromatic rings. The summed E-state index contributed by atoms with van der Waals surface area (Å²) in [6, 6.07) is 11.3. The number of ether oxygens (including phenoxy) is 1. The van der Waals surface area contributed by atoms with Gasteiger partial charge in [0.15, 0.2) is 6.10 Å². The summed E-state index contributed by atoms with van der Waals surface area (Å²) >= 11 is 3.40. The second-order valence-corrected chi connectivity index (χ2v) is 17.1. The molecule has 1 atom stereocenters. The fourth-order valence-corrected chi connectivity index (χ4v) is 9.57. The maximum Gasteiger partial charge on any atom is 0.410 e. The Hall–Kier alpha value is -3.30. The molecular weight excluding hydrogens is 725 g/mol. The van der Waals surface area contributed by atoms with Gasteiger partial charge in [0.25, 0.3) is 5.91 Å². The van der Waals surface area contributed by atoms with Gasteiger partial charge in [-0.15, -0.1) is 0 Å². The van der Waals surface area contributed by atoms with E-state index < -0.39 is 22.2 Å². The normalized spacial score (nSPS) is 20.9. The Morgan fingerprint density at radius 3 is 2.22 bits per heavy atom. The van der Waals surface area contributed by atoms with Crippen molar-refractivity contribution < 1.29 is 32.6 Å². The topological polar surface area (TPSA) is 140 Å². The lowest BCUT2D eigenvalue weighted by atomic mass is 9.79. The van der Waals surface area contributed by atoms with Crippen LogP contribution in [0.15, 0.2) is 40.9 Å². The summed E-state index contributed by atoms with van der Waals surface area (Å²) in [6.45, 7) is 3.61. The third-order valence-electron chi connectivity index (χ3n) is 11.0. The summed E-state index contributed by atoms with van der Waals surface area (Å²) in [6.07, 6.45) is 5.11. The molecule has 0 aromatic heterocycles. The number of rotatable bonds is 7. The number of para-hydroxylation sites is 1. The monoisotopic (exact) mass is 771 g/mol. The smallest absolute Gasteiger partial charge is 0.410 e.